The molecule has 0 bridgehead atoms. The number of benzene rings is 2. The number of nitrogens with zero attached hydrogens (tertiary/aromatic N) is 3. The molecular weight excluding hydrogens is 514 g/mol. The van der Waals surface area contributed by atoms with E-state index >= 15 is 0 Å². The van der Waals surface area contributed by atoms with Crippen molar-refractivity contribution in [3.63, 3.8) is 0 Å². The molecule has 1 N–H and O–H groups in total. The number of fused-ring (bicyclic) bond motifs is 1. The van der Waals surface area contributed by atoms with Crippen LogP contribution in [0.2, 0.25) is 0 Å². The van der Waals surface area contributed by atoms with E-state index in [0.717, 1.165) is 41.8 Å². The zero-order chi connectivity index (χ0) is 26.9. The highest BCUT2D eigenvalue weighted by atomic mass is 32.2. The molecule has 1 aliphatic rings. The van der Waals surface area contributed by atoms with Crippen LogP contribution in [0.3, 0.4) is 0 Å². The monoisotopic (exact) mass is 540 g/mol. The summed E-state index contributed by atoms with van der Waals surface area (Å²) in [6.45, 7) is 3.75. The average Bonchev–Trinajstić information content (AvgIpc) is 3.41. The standard InChI is InChI=1S/C27H26F2N4O4S/c1-16-21-8-18(10-24(26(21)32-15-31-16)37-14-17-6-7-36-13-17)19-9-23(27(35-2)30-12-19)33-38(3,34)25-5-4-20(28)11-22(25)29/h4-5,8-12,15,17H,3,6-7,13-14H2,1-2H3,(H,33,34). The van der Waals surface area contributed by atoms with Crippen molar-refractivity contribution in [1.82, 2.24) is 15.0 Å². The third-order valence-corrected chi connectivity index (χ3v) is 7.89. The zero-order valence-corrected chi connectivity index (χ0v) is 21.7. The Morgan fingerprint density at radius 1 is 1.16 bits per heavy atom. The van der Waals surface area contributed by atoms with Gasteiger partial charge in [0, 0.05) is 41.4 Å². The second kappa shape index (κ2) is 10.5. The summed E-state index contributed by atoms with van der Waals surface area (Å²) in [6.07, 6.45) is 4.03. The van der Waals surface area contributed by atoms with Gasteiger partial charge in [-0.2, -0.15) is 0 Å². The Morgan fingerprint density at radius 3 is 2.74 bits per heavy atom. The molecule has 2 unspecified atom stereocenters. The van der Waals surface area contributed by atoms with Gasteiger partial charge >= 0.3 is 0 Å². The van der Waals surface area contributed by atoms with Crippen LogP contribution in [-0.4, -0.2) is 52.0 Å². The maximum absolute atomic E-state index is 14.4. The number of nitrogens with one attached hydrogen (secondary N) is 1. The number of hydrogen-bond acceptors (Lipinski definition) is 7. The fourth-order valence-corrected chi connectivity index (χ4v) is 5.55. The maximum Gasteiger partial charge on any atom is 0.238 e. The molecule has 2 aromatic heterocycles. The van der Waals surface area contributed by atoms with Gasteiger partial charge in [0.05, 0.1) is 34.9 Å². The molecule has 0 aliphatic carbocycles. The van der Waals surface area contributed by atoms with Gasteiger partial charge in [0.15, 0.2) is 0 Å². The van der Waals surface area contributed by atoms with E-state index in [1.807, 2.05) is 19.1 Å². The first kappa shape index (κ1) is 25.8. The highest BCUT2D eigenvalue weighted by molar-refractivity contribution is 8.01. The minimum atomic E-state index is -3.43. The summed E-state index contributed by atoms with van der Waals surface area (Å²) in [4.78, 5) is 12.8. The number of rotatable bonds is 8. The number of aryl methyl sites for hydroxylation is 1. The molecule has 1 fully saturated rings. The van der Waals surface area contributed by atoms with Crippen LogP contribution in [0, 0.1) is 24.5 Å². The number of halogens is 2. The van der Waals surface area contributed by atoms with Gasteiger partial charge in [-0.1, -0.05) is 0 Å². The SMILES string of the molecule is C=S(=O)(Nc1cc(-c2cc(OCC3CCOC3)c3ncnc(C)c3c2)cnc1OC)c1ccc(F)cc1F. The summed E-state index contributed by atoms with van der Waals surface area (Å²) in [6, 6.07) is 8.24. The molecule has 2 aromatic carbocycles. The number of methoxy groups -OCH3 is 1. The molecule has 5 rings (SSSR count). The van der Waals surface area contributed by atoms with Crippen LogP contribution in [0.1, 0.15) is 12.1 Å². The fourth-order valence-electron chi connectivity index (χ4n) is 4.28. The predicted molar refractivity (Wildman–Crippen MR) is 142 cm³/mol. The van der Waals surface area contributed by atoms with Gasteiger partial charge in [-0.05, 0) is 55.1 Å². The Labute approximate surface area is 219 Å². The Bertz CT molecular complexity index is 1610. The summed E-state index contributed by atoms with van der Waals surface area (Å²) in [5, 5.41) is 0.808. The highest BCUT2D eigenvalue weighted by Gasteiger charge is 2.20. The van der Waals surface area contributed by atoms with E-state index in [2.05, 4.69) is 25.5 Å². The minimum Gasteiger partial charge on any atom is -0.491 e. The van der Waals surface area contributed by atoms with Crippen LogP contribution in [0.25, 0.3) is 22.0 Å². The fraction of sp³-hybridized carbons (Fsp3) is 0.259. The van der Waals surface area contributed by atoms with Gasteiger partial charge in [-0.25, -0.2) is 27.9 Å². The van der Waals surface area contributed by atoms with Crippen molar-refractivity contribution in [1.29, 1.82) is 0 Å². The molecule has 4 aromatic rings. The van der Waals surface area contributed by atoms with E-state index in [4.69, 9.17) is 14.2 Å². The molecular formula is C27H26F2N4O4S. The zero-order valence-electron chi connectivity index (χ0n) is 20.9. The quantitative estimate of drug-likeness (QED) is 0.321. The van der Waals surface area contributed by atoms with E-state index < -0.39 is 21.3 Å². The van der Waals surface area contributed by atoms with Gasteiger partial charge in [-0.3, -0.25) is 0 Å². The Morgan fingerprint density at radius 2 is 2.00 bits per heavy atom. The van der Waals surface area contributed by atoms with Gasteiger partial charge < -0.3 is 18.9 Å². The molecule has 11 heteroatoms. The number of hydrogen-bond donors (Lipinski definition) is 1. The highest BCUT2D eigenvalue weighted by Crippen LogP contribution is 2.36. The van der Waals surface area contributed by atoms with E-state index in [0.29, 0.717) is 42.0 Å². The Balaban J connectivity index is 1.54. The Kier molecular flexibility index (Phi) is 7.13. The molecule has 8 nitrogen and oxygen atoms in total. The molecule has 0 saturated carbocycles. The summed E-state index contributed by atoms with van der Waals surface area (Å²) in [7, 11) is -2.02. The third-order valence-electron chi connectivity index (χ3n) is 6.30. The van der Waals surface area contributed by atoms with Crippen LogP contribution < -0.4 is 14.2 Å². The molecule has 38 heavy (non-hydrogen) atoms. The summed E-state index contributed by atoms with van der Waals surface area (Å²) in [5.74, 6) is 2.92. The van der Waals surface area contributed by atoms with Crippen molar-refractivity contribution in [2.45, 2.75) is 18.2 Å². The second-order valence-corrected chi connectivity index (χ2v) is 11.0. The lowest BCUT2D eigenvalue weighted by atomic mass is 10.0. The number of anilines is 1. The van der Waals surface area contributed by atoms with E-state index in [1.54, 1.807) is 12.3 Å². The Hall–Kier alpha value is -3.83. The summed E-state index contributed by atoms with van der Waals surface area (Å²) < 4.78 is 60.9. The molecule has 0 amide bonds. The summed E-state index contributed by atoms with van der Waals surface area (Å²) >= 11 is 0. The normalized spacial score (nSPS) is 16.8. The first-order valence-corrected chi connectivity index (χ1v) is 13.6. The van der Waals surface area contributed by atoms with E-state index in [-0.39, 0.29) is 16.5 Å². The van der Waals surface area contributed by atoms with Crippen LogP contribution in [0.15, 0.2) is 53.8 Å². The molecule has 0 radical (unpaired) electrons. The predicted octanol–water partition coefficient (Wildman–Crippen LogP) is 4.80. The maximum atomic E-state index is 14.4. The van der Waals surface area contributed by atoms with Crippen molar-refractivity contribution in [3.8, 4) is 22.8 Å². The van der Waals surface area contributed by atoms with Gasteiger partial charge in [0.25, 0.3) is 0 Å². The third kappa shape index (κ3) is 5.25. The molecule has 3 heterocycles. The van der Waals surface area contributed by atoms with Gasteiger partial charge in [0.2, 0.25) is 5.88 Å². The van der Waals surface area contributed by atoms with Crippen LogP contribution in [0.4, 0.5) is 14.5 Å². The number of pyridine rings is 1. The molecule has 198 valence electrons. The van der Waals surface area contributed by atoms with Crippen molar-refractivity contribution in [3.05, 3.63) is 66.3 Å². The van der Waals surface area contributed by atoms with Crippen molar-refractivity contribution in [2.75, 3.05) is 31.7 Å². The van der Waals surface area contributed by atoms with Crippen molar-refractivity contribution < 1.29 is 27.2 Å². The second-order valence-electron chi connectivity index (χ2n) is 9.00. The first-order valence-electron chi connectivity index (χ1n) is 11.9. The molecule has 2 atom stereocenters. The summed E-state index contributed by atoms with van der Waals surface area (Å²) in [5.41, 5.74) is 3.07. The largest absolute Gasteiger partial charge is 0.491 e. The molecule has 0 spiro atoms. The average molecular weight is 541 g/mol. The topological polar surface area (TPSA) is 95.5 Å². The van der Waals surface area contributed by atoms with E-state index in [1.165, 1.54) is 13.4 Å². The van der Waals surface area contributed by atoms with E-state index in [9.17, 15) is 13.0 Å². The minimum absolute atomic E-state index is 0.130. The first-order chi connectivity index (χ1) is 18.2. The van der Waals surface area contributed by atoms with Crippen molar-refractivity contribution >= 4 is 32.2 Å². The van der Waals surface area contributed by atoms with Crippen LogP contribution >= 0.6 is 0 Å². The lowest BCUT2D eigenvalue weighted by Gasteiger charge is -2.17. The number of aromatic nitrogens is 3. The van der Waals surface area contributed by atoms with Crippen molar-refractivity contribution in [2.24, 2.45) is 5.92 Å². The van der Waals surface area contributed by atoms with Gasteiger partial charge in [0.1, 0.15) is 34.9 Å². The van der Waals surface area contributed by atoms with Gasteiger partial charge in [-0.15, -0.1) is 0 Å². The van der Waals surface area contributed by atoms with Crippen LogP contribution in [-0.2, 0) is 14.4 Å². The lowest BCUT2D eigenvalue weighted by molar-refractivity contribution is 0.167. The van der Waals surface area contributed by atoms with Crippen LogP contribution in [0.5, 0.6) is 11.6 Å². The smallest absolute Gasteiger partial charge is 0.238 e. The lowest BCUT2D eigenvalue weighted by Crippen LogP contribution is -2.15. The molecule has 1 aliphatic heterocycles. The molecule has 1 saturated heterocycles. The number of ether oxygens (including phenoxy) is 3.